The maximum absolute atomic E-state index is 14.4. The largest absolute Gasteiger partial charge is 0.379 e. The first-order valence-electron chi connectivity index (χ1n) is 28.2. The summed E-state index contributed by atoms with van der Waals surface area (Å²) in [6.07, 6.45) is 4.17. The third-order valence-corrected chi connectivity index (χ3v) is 15.6. The highest BCUT2D eigenvalue weighted by Gasteiger charge is 2.42. The Kier molecular flexibility index (Phi) is 28.6. The molecule has 0 radical (unpaired) electrons. The number of imide groups is 1. The van der Waals surface area contributed by atoms with E-state index in [0.717, 1.165) is 10.5 Å². The average Bonchev–Trinajstić information content (AvgIpc) is 3.96. The lowest BCUT2D eigenvalue weighted by atomic mass is 9.76. The van der Waals surface area contributed by atoms with Crippen LogP contribution in [0.5, 0.6) is 0 Å². The molecule has 0 saturated heterocycles. The number of nitrogens with one attached hydrogen (secondary N) is 5. The minimum absolute atomic E-state index is 0.0416. The number of ketones is 2. The Morgan fingerprint density at radius 3 is 1.86 bits per heavy atom. The van der Waals surface area contributed by atoms with Crippen molar-refractivity contribution < 1.29 is 65.8 Å². The summed E-state index contributed by atoms with van der Waals surface area (Å²) in [6.45, 7) is 19.7. The summed E-state index contributed by atoms with van der Waals surface area (Å²) in [5.41, 5.74) is 5.65. The SMILES string of the molecule is CN[C@H](C(=O)N[C@H](C(=O)N(C)[C@H](/C=C(\C)C(=O)NS(=O)(=O)Cc1ccc(CC(=O)[C@H](CCCNC(N)=O)NC(=O)[C@@H](CC(=O)CCOCCOCCOCCN2C(=O)C=CC2=O)C(C)C)cc1)C(C)C)C(C)(C)C)C(C)(C)c1ccccc1. The summed E-state index contributed by atoms with van der Waals surface area (Å²) in [5.74, 6) is -5.34. The van der Waals surface area contributed by atoms with Gasteiger partial charge in [-0.05, 0) is 60.8 Å². The zero-order chi connectivity index (χ0) is 62.2. The molecule has 1 heterocycles. The zero-order valence-corrected chi connectivity index (χ0v) is 51.3. The van der Waals surface area contributed by atoms with Crippen LogP contribution in [-0.2, 0) is 80.2 Å². The second-order valence-corrected chi connectivity index (χ2v) is 24.9. The summed E-state index contributed by atoms with van der Waals surface area (Å²) < 4.78 is 45.4. The van der Waals surface area contributed by atoms with Crippen LogP contribution in [0.2, 0.25) is 0 Å². The molecule has 1 aliphatic heterocycles. The van der Waals surface area contributed by atoms with Gasteiger partial charge in [-0.3, -0.25) is 43.3 Å². The van der Waals surface area contributed by atoms with Crippen molar-refractivity contribution in [3.05, 3.63) is 95.1 Å². The van der Waals surface area contributed by atoms with E-state index in [1.54, 1.807) is 40.1 Å². The number of hydrogen-bond donors (Lipinski definition) is 6. The standard InChI is InChI=1S/C60H90N8O14S/c1-39(2)46(37-45(69)26-29-80-31-33-82-34-32-81-30-28-68-50(71)24-25-51(68)72)55(74)64-47(19-16-27-63-58(61)77)49(70)36-42-20-22-43(23-21-42)38-83(78,79)66-54(73)41(5)35-48(40(3)4)67(12)57(76)53(59(6,7)8)65-56(75)52(62-11)60(9,10)44-17-14-13-15-18-44/h13-15,17-18,20-25,35,39-40,46-48,52-53,62H,16,19,26-34,36-38H2,1-12H3,(H,64,74)(H,65,75)(H,66,73)(H3,61,63,77)/b41-35+/t46-,47-,48+,52+,53+/m0/s1. The molecule has 0 fully saturated rings. The second-order valence-electron chi connectivity index (χ2n) is 23.1. The van der Waals surface area contributed by atoms with E-state index in [0.29, 0.717) is 11.1 Å². The van der Waals surface area contributed by atoms with E-state index in [1.165, 1.54) is 42.2 Å². The molecule has 3 rings (SSSR count). The molecule has 0 bridgehead atoms. The third-order valence-electron chi connectivity index (χ3n) is 14.3. The van der Waals surface area contributed by atoms with Crippen molar-refractivity contribution in [2.24, 2.45) is 28.9 Å². The number of nitrogens with two attached hydrogens (primary N) is 1. The van der Waals surface area contributed by atoms with E-state index < -0.39 is 80.4 Å². The van der Waals surface area contributed by atoms with Crippen LogP contribution in [0.3, 0.4) is 0 Å². The van der Waals surface area contributed by atoms with Gasteiger partial charge in [0, 0.05) is 61.9 Å². The van der Waals surface area contributed by atoms with E-state index in [4.69, 9.17) is 19.9 Å². The molecular formula is C60H90N8O14S. The summed E-state index contributed by atoms with van der Waals surface area (Å²) in [7, 11) is -0.988. The van der Waals surface area contributed by atoms with Gasteiger partial charge in [-0.1, -0.05) is 123 Å². The number of carbonyl (C=O) groups excluding carboxylic acids is 9. The van der Waals surface area contributed by atoms with Crippen molar-refractivity contribution in [1.29, 1.82) is 0 Å². The molecule has 0 saturated carbocycles. The first-order chi connectivity index (χ1) is 38.9. The molecule has 5 atom stereocenters. The minimum Gasteiger partial charge on any atom is -0.379 e. The lowest BCUT2D eigenvalue weighted by molar-refractivity contribution is -0.141. The number of Topliss-reactive ketones (excluding diaryl/α,β-unsaturated/α-hetero) is 2. The molecule has 460 valence electrons. The maximum Gasteiger partial charge on any atom is 0.312 e. The van der Waals surface area contributed by atoms with Crippen molar-refractivity contribution >= 4 is 63.1 Å². The van der Waals surface area contributed by atoms with Crippen molar-refractivity contribution in [2.75, 3.05) is 66.8 Å². The quantitative estimate of drug-likeness (QED) is 0.0319. The van der Waals surface area contributed by atoms with Crippen LogP contribution < -0.4 is 31.7 Å². The predicted octanol–water partition coefficient (Wildman–Crippen LogP) is 3.80. The fraction of sp³-hybridized carbons (Fsp3) is 0.583. The van der Waals surface area contributed by atoms with Crippen LogP contribution in [0.25, 0.3) is 0 Å². The van der Waals surface area contributed by atoms with Crippen LogP contribution in [0.15, 0.2) is 78.4 Å². The zero-order valence-electron chi connectivity index (χ0n) is 50.5. The Morgan fingerprint density at radius 1 is 0.747 bits per heavy atom. The molecule has 0 unspecified atom stereocenters. The van der Waals surface area contributed by atoms with E-state index in [-0.39, 0.29) is 132 Å². The number of hydrogen-bond acceptors (Lipinski definition) is 15. The monoisotopic (exact) mass is 1180 g/mol. The highest BCUT2D eigenvalue weighted by atomic mass is 32.2. The van der Waals surface area contributed by atoms with E-state index in [2.05, 4.69) is 26.0 Å². The van der Waals surface area contributed by atoms with Gasteiger partial charge in [-0.15, -0.1) is 0 Å². The summed E-state index contributed by atoms with van der Waals surface area (Å²) >= 11 is 0. The molecule has 23 heteroatoms. The van der Waals surface area contributed by atoms with Crippen molar-refractivity contribution in [3.8, 4) is 0 Å². The van der Waals surface area contributed by atoms with Crippen LogP contribution in [0.1, 0.15) is 112 Å². The van der Waals surface area contributed by atoms with Crippen molar-refractivity contribution in [1.82, 2.24) is 35.8 Å². The normalized spacial score (nSPS) is 14.9. The van der Waals surface area contributed by atoms with E-state index in [1.807, 2.05) is 78.8 Å². The van der Waals surface area contributed by atoms with Crippen molar-refractivity contribution in [2.45, 2.75) is 137 Å². The first-order valence-corrected chi connectivity index (χ1v) is 29.8. The van der Waals surface area contributed by atoms with Gasteiger partial charge < -0.3 is 46.1 Å². The summed E-state index contributed by atoms with van der Waals surface area (Å²) in [4.78, 5) is 120. The summed E-state index contributed by atoms with van der Waals surface area (Å²) in [5, 5.41) is 11.4. The van der Waals surface area contributed by atoms with E-state index >= 15 is 0 Å². The molecular weight excluding hydrogens is 1090 g/mol. The molecule has 8 amide bonds. The molecule has 7 N–H and O–H groups in total. The Labute approximate surface area is 490 Å². The van der Waals surface area contributed by atoms with Gasteiger partial charge in [0.2, 0.25) is 27.7 Å². The van der Waals surface area contributed by atoms with Gasteiger partial charge in [0.25, 0.3) is 17.7 Å². The fourth-order valence-corrected chi connectivity index (χ4v) is 10.5. The molecule has 22 nitrogen and oxygen atoms in total. The molecule has 2 aromatic rings. The van der Waals surface area contributed by atoms with Gasteiger partial charge in [0.05, 0.1) is 70.1 Å². The molecule has 0 aliphatic carbocycles. The lowest BCUT2D eigenvalue weighted by Gasteiger charge is -2.40. The van der Waals surface area contributed by atoms with Crippen LogP contribution in [0, 0.1) is 23.2 Å². The number of rotatable bonds is 37. The Bertz CT molecular complexity index is 2690. The van der Waals surface area contributed by atoms with Gasteiger partial charge in [-0.25, -0.2) is 17.9 Å². The van der Waals surface area contributed by atoms with Crippen LogP contribution in [0.4, 0.5) is 4.79 Å². The number of urea groups is 1. The number of benzene rings is 2. The highest BCUT2D eigenvalue weighted by Crippen LogP contribution is 2.29. The van der Waals surface area contributed by atoms with Gasteiger partial charge in [0.1, 0.15) is 11.8 Å². The number of ether oxygens (including phenoxy) is 3. The predicted molar refractivity (Wildman–Crippen MR) is 314 cm³/mol. The number of carbonyl (C=O) groups is 9. The highest BCUT2D eigenvalue weighted by molar-refractivity contribution is 7.89. The number of sulfonamides is 1. The molecule has 0 spiro atoms. The third kappa shape index (κ3) is 23.5. The first kappa shape index (κ1) is 70.6. The Balaban J connectivity index is 1.59. The molecule has 83 heavy (non-hydrogen) atoms. The topological polar surface area (TPSA) is 308 Å². The van der Waals surface area contributed by atoms with E-state index in [9.17, 15) is 51.6 Å². The minimum atomic E-state index is -4.27. The smallest absolute Gasteiger partial charge is 0.312 e. The number of likely N-dealkylation sites (N-methyl/N-ethyl adjacent to an activating group) is 2. The second kappa shape index (κ2) is 33.6. The number of amides is 8. The van der Waals surface area contributed by atoms with Crippen molar-refractivity contribution in [3.63, 3.8) is 0 Å². The fourth-order valence-electron chi connectivity index (χ4n) is 9.34. The maximum atomic E-state index is 14.4. The van der Waals surface area contributed by atoms with Gasteiger partial charge in [0.15, 0.2) is 5.78 Å². The number of primary amides is 1. The Morgan fingerprint density at radius 2 is 1.31 bits per heavy atom. The molecule has 2 aromatic carbocycles. The number of nitrogens with zero attached hydrogens (tertiary/aromatic N) is 2. The molecule has 1 aliphatic rings. The van der Waals surface area contributed by atoms with Crippen LogP contribution >= 0.6 is 0 Å². The summed E-state index contributed by atoms with van der Waals surface area (Å²) in [6, 6.07) is 11.7. The Hall–Kier alpha value is -6.66. The van der Waals surface area contributed by atoms with Gasteiger partial charge in [-0.2, -0.15) is 0 Å². The van der Waals surface area contributed by atoms with Gasteiger partial charge >= 0.3 is 6.03 Å². The van der Waals surface area contributed by atoms with Crippen LogP contribution in [-0.4, -0.2) is 162 Å². The molecule has 0 aromatic heterocycles. The lowest BCUT2D eigenvalue weighted by Crippen LogP contribution is -2.61. The average molecular weight is 1180 g/mol.